The zero-order valence-electron chi connectivity index (χ0n) is 11.8. The quantitative estimate of drug-likeness (QED) is 0.698. The Bertz CT molecular complexity index is 427. The predicted octanol–water partition coefficient (Wildman–Crippen LogP) is 0.696. The van der Waals surface area contributed by atoms with E-state index in [0.717, 1.165) is 25.8 Å². The van der Waals surface area contributed by atoms with Gasteiger partial charge in [0.15, 0.2) is 0 Å². The van der Waals surface area contributed by atoms with E-state index in [2.05, 4.69) is 25.6 Å². The molecule has 7 heteroatoms. The van der Waals surface area contributed by atoms with Crippen LogP contribution in [0.25, 0.3) is 0 Å². The molecule has 1 fully saturated rings. The van der Waals surface area contributed by atoms with Gasteiger partial charge in [-0.25, -0.2) is 0 Å². The summed E-state index contributed by atoms with van der Waals surface area (Å²) >= 11 is 0. The van der Waals surface area contributed by atoms with Crippen LogP contribution in [0.5, 0.6) is 0 Å². The maximum Gasteiger partial charge on any atom is 0.231 e. The predicted molar refractivity (Wildman–Crippen MR) is 75.6 cm³/mol. The van der Waals surface area contributed by atoms with Crippen LogP contribution in [0.4, 0.5) is 17.8 Å². The Balaban J connectivity index is 2.23. The first-order valence-electron chi connectivity index (χ1n) is 6.65. The maximum atomic E-state index is 9.49. The summed E-state index contributed by atoms with van der Waals surface area (Å²) in [6.07, 6.45) is 3.02. The van der Waals surface area contributed by atoms with E-state index in [1.54, 1.807) is 0 Å². The summed E-state index contributed by atoms with van der Waals surface area (Å²) in [5.41, 5.74) is -0.256. The molecule has 3 N–H and O–H groups in total. The van der Waals surface area contributed by atoms with Crippen LogP contribution in [0.3, 0.4) is 0 Å². The van der Waals surface area contributed by atoms with E-state index >= 15 is 0 Å². The van der Waals surface area contributed by atoms with E-state index in [0.29, 0.717) is 17.8 Å². The number of anilines is 3. The highest BCUT2D eigenvalue weighted by atomic mass is 16.3. The Morgan fingerprint density at radius 3 is 2.37 bits per heavy atom. The van der Waals surface area contributed by atoms with Crippen LogP contribution in [0.2, 0.25) is 0 Å². The highest BCUT2D eigenvalue weighted by Crippen LogP contribution is 2.34. The molecular weight excluding hydrogens is 244 g/mol. The molecule has 0 saturated heterocycles. The van der Waals surface area contributed by atoms with Gasteiger partial charge in [0.2, 0.25) is 17.8 Å². The SMILES string of the molecule is CCNc1nc(NC2(CO)CCC2)nc(N(C)C)n1. The largest absolute Gasteiger partial charge is 0.394 e. The van der Waals surface area contributed by atoms with Crippen LogP contribution in [0.15, 0.2) is 0 Å². The normalized spacial score (nSPS) is 16.6. The van der Waals surface area contributed by atoms with E-state index in [1.807, 2.05) is 25.9 Å². The summed E-state index contributed by atoms with van der Waals surface area (Å²) in [6, 6.07) is 0. The molecule has 0 atom stereocenters. The number of hydrogen-bond acceptors (Lipinski definition) is 7. The molecule has 1 aliphatic rings. The van der Waals surface area contributed by atoms with Gasteiger partial charge in [0, 0.05) is 20.6 Å². The average molecular weight is 266 g/mol. The van der Waals surface area contributed by atoms with Gasteiger partial charge >= 0.3 is 0 Å². The molecule has 0 aromatic carbocycles. The van der Waals surface area contributed by atoms with Gasteiger partial charge in [-0.05, 0) is 26.2 Å². The van der Waals surface area contributed by atoms with Crippen molar-refractivity contribution >= 4 is 17.8 Å². The Morgan fingerprint density at radius 2 is 1.89 bits per heavy atom. The molecule has 1 aromatic rings. The number of nitrogens with one attached hydrogen (secondary N) is 2. The lowest BCUT2D eigenvalue weighted by Gasteiger charge is -2.40. The van der Waals surface area contributed by atoms with Gasteiger partial charge in [-0.2, -0.15) is 15.0 Å². The zero-order chi connectivity index (χ0) is 13.9. The molecule has 0 aliphatic heterocycles. The first kappa shape index (κ1) is 13.8. The summed E-state index contributed by atoms with van der Waals surface area (Å²) in [4.78, 5) is 14.9. The van der Waals surface area contributed by atoms with Gasteiger partial charge in [-0.1, -0.05) is 0 Å². The van der Waals surface area contributed by atoms with Crippen LogP contribution < -0.4 is 15.5 Å². The molecule has 106 valence electrons. The third-order valence-electron chi connectivity index (χ3n) is 3.35. The Kier molecular flexibility index (Phi) is 4.04. The Morgan fingerprint density at radius 1 is 1.21 bits per heavy atom. The molecule has 2 rings (SSSR count). The fourth-order valence-corrected chi connectivity index (χ4v) is 2.02. The first-order chi connectivity index (χ1) is 9.08. The fourth-order valence-electron chi connectivity index (χ4n) is 2.02. The first-order valence-corrected chi connectivity index (χ1v) is 6.65. The molecule has 0 bridgehead atoms. The van der Waals surface area contributed by atoms with E-state index in [1.165, 1.54) is 0 Å². The van der Waals surface area contributed by atoms with Crippen molar-refractivity contribution in [3.05, 3.63) is 0 Å². The van der Waals surface area contributed by atoms with Crippen LogP contribution in [-0.2, 0) is 0 Å². The van der Waals surface area contributed by atoms with Crippen LogP contribution in [-0.4, -0.2) is 52.8 Å². The molecule has 0 unspecified atom stereocenters. The lowest BCUT2D eigenvalue weighted by Crippen LogP contribution is -2.48. The minimum Gasteiger partial charge on any atom is -0.394 e. The number of aliphatic hydroxyl groups excluding tert-OH is 1. The summed E-state index contributed by atoms with van der Waals surface area (Å²) in [5.74, 6) is 1.67. The highest BCUT2D eigenvalue weighted by Gasteiger charge is 2.37. The van der Waals surface area contributed by atoms with E-state index in [4.69, 9.17) is 0 Å². The monoisotopic (exact) mass is 266 g/mol. The van der Waals surface area contributed by atoms with Gasteiger partial charge < -0.3 is 20.6 Å². The van der Waals surface area contributed by atoms with Crippen molar-refractivity contribution in [1.29, 1.82) is 0 Å². The van der Waals surface area contributed by atoms with E-state index < -0.39 is 0 Å². The molecular formula is C12H22N6O. The minimum atomic E-state index is -0.256. The second-order valence-corrected chi connectivity index (χ2v) is 5.12. The molecule has 1 heterocycles. The Hall–Kier alpha value is -1.63. The van der Waals surface area contributed by atoms with Crippen molar-refractivity contribution < 1.29 is 5.11 Å². The molecule has 19 heavy (non-hydrogen) atoms. The third kappa shape index (κ3) is 3.04. The second kappa shape index (κ2) is 5.56. The van der Waals surface area contributed by atoms with Crippen molar-refractivity contribution in [3.8, 4) is 0 Å². The van der Waals surface area contributed by atoms with Gasteiger partial charge in [-0.3, -0.25) is 0 Å². The number of hydrogen-bond donors (Lipinski definition) is 3. The minimum absolute atomic E-state index is 0.104. The average Bonchev–Trinajstić information content (AvgIpc) is 2.34. The summed E-state index contributed by atoms with van der Waals surface area (Å²) < 4.78 is 0. The van der Waals surface area contributed by atoms with E-state index in [-0.39, 0.29) is 12.1 Å². The molecule has 1 saturated carbocycles. The lowest BCUT2D eigenvalue weighted by atomic mass is 9.77. The summed E-state index contributed by atoms with van der Waals surface area (Å²) in [5, 5.41) is 15.8. The van der Waals surface area contributed by atoms with Crippen molar-refractivity contribution in [2.75, 3.05) is 42.8 Å². The molecule has 1 aliphatic carbocycles. The standard InChI is InChI=1S/C12H22N6O/c1-4-13-9-14-10(16-11(15-9)18(2)3)17-12(8-19)6-5-7-12/h19H,4-8H2,1-3H3,(H2,13,14,15,16,17). The van der Waals surface area contributed by atoms with Gasteiger partial charge in [0.1, 0.15) is 0 Å². The molecule has 1 aromatic heterocycles. The van der Waals surface area contributed by atoms with Gasteiger partial charge in [0.25, 0.3) is 0 Å². The van der Waals surface area contributed by atoms with Crippen LogP contribution >= 0.6 is 0 Å². The molecule has 7 nitrogen and oxygen atoms in total. The highest BCUT2D eigenvalue weighted by molar-refractivity contribution is 5.44. The molecule has 0 radical (unpaired) electrons. The number of rotatable bonds is 6. The van der Waals surface area contributed by atoms with E-state index in [9.17, 15) is 5.11 Å². The van der Waals surface area contributed by atoms with Crippen molar-refractivity contribution in [2.45, 2.75) is 31.7 Å². The topological polar surface area (TPSA) is 86.2 Å². The Labute approximate surface area is 113 Å². The van der Waals surface area contributed by atoms with Crippen molar-refractivity contribution in [1.82, 2.24) is 15.0 Å². The lowest BCUT2D eigenvalue weighted by molar-refractivity contribution is 0.143. The van der Waals surface area contributed by atoms with Gasteiger partial charge in [-0.15, -0.1) is 0 Å². The summed E-state index contributed by atoms with van der Waals surface area (Å²) in [6.45, 7) is 2.85. The zero-order valence-corrected chi connectivity index (χ0v) is 11.8. The van der Waals surface area contributed by atoms with Gasteiger partial charge in [0.05, 0.1) is 12.1 Å². The molecule has 0 amide bonds. The smallest absolute Gasteiger partial charge is 0.231 e. The fraction of sp³-hybridized carbons (Fsp3) is 0.750. The van der Waals surface area contributed by atoms with Crippen LogP contribution in [0, 0.1) is 0 Å². The number of aliphatic hydroxyl groups is 1. The summed E-state index contributed by atoms with van der Waals surface area (Å²) in [7, 11) is 3.78. The maximum absolute atomic E-state index is 9.49. The number of aromatic nitrogens is 3. The second-order valence-electron chi connectivity index (χ2n) is 5.12. The van der Waals surface area contributed by atoms with Crippen molar-refractivity contribution in [2.24, 2.45) is 0 Å². The number of nitrogens with zero attached hydrogens (tertiary/aromatic N) is 4. The van der Waals surface area contributed by atoms with Crippen molar-refractivity contribution in [3.63, 3.8) is 0 Å². The molecule has 0 spiro atoms. The van der Waals surface area contributed by atoms with Crippen LogP contribution in [0.1, 0.15) is 26.2 Å². The third-order valence-corrected chi connectivity index (χ3v) is 3.35.